The lowest BCUT2D eigenvalue weighted by Gasteiger charge is -2.16. The second-order valence-electron chi connectivity index (χ2n) is 8.10. The first-order valence-corrected chi connectivity index (χ1v) is 12.3. The molecule has 0 radical (unpaired) electrons. The van der Waals surface area contributed by atoms with Gasteiger partial charge in [0.1, 0.15) is 17.1 Å². The van der Waals surface area contributed by atoms with Crippen molar-refractivity contribution in [3.8, 4) is 11.1 Å². The lowest BCUT2D eigenvalue weighted by Crippen LogP contribution is -2.28. The number of halogens is 3. The number of carbonyl (C=O) groups excluding carboxylic acids is 1. The molecule has 0 aliphatic carbocycles. The molecule has 39 heavy (non-hydrogen) atoms. The van der Waals surface area contributed by atoms with Crippen LogP contribution >= 0.6 is 11.8 Å². The Hall–Kier alpha value is -4.30. The Morgan fingerprint density at radius 1 is 1.26 bits per heavy atom. The van der Waals surface area contributed by atoms with E-state index in [1.54, 1.807) is 23.6 Å². The molecule has 3 rings (SSSR count). The topological polar surface area (TPSA) is 165 Å². The van der Waals surface area contributed by atoms with Crippen LogP contribution in [0.5, 0.6) is 0 Å². The Kier molecular flexibility index (Phi) is 9.04. The number of nitrogens with zero attached hydrogens (tertiary/aromatic N) is 2. The number of anilines is 1. The highest BCUT2D eigenvalue weighted by Gasteiger charge is 2.31. The average molecular weight is 563 g/mol. The van der Waals surface area contributed by atoms with Crippen LogP contribution in [0.1, 0.15) is 22.8 Å². The van der Waals surface area contributed by atoms with Gasteiger partial charge in [-0.05, 0) is 30.7 Å². The van der Waals surface area contributed by atoms with Gasteiger partial charge in [-0.2, -0.15) is 13.2 Å². The average Bonchev–Trinajstić information content (AvgIpc) is 2.87. The van der Waals surface area contributed by atoms with Crippen LogP contribution < -0.4 is 27.5 Å². The molecule has 0 aliphatic rings. The largest absolute Gasteiger partial charge is 0.477 e. The number of thioether (sulfide) groups is 1. The van der Waals surface area contributed by atoms with Crippen molar-refractivity contribution in [2.24, 2.45) is 11.5 Å². The fraction of sp³-hybridized carbons (Fsp3) is 0.200. The van der Waals surface area contributed by atoms with Gasteiger partial charge in [-0.15, -0.1) is 0 Å². The summed E-state index contributed by atoms with van der Waals surface area (Å²) in [5.41, 5.74) is 9.78. The maximum absolute atomic E-state index is 13.0. The third kappa shape index (κ3) is 6.78. The minimum atomic E-state index is -4.73. The molecule has 0 bridgehead atoms. The van der Waals surface area contributed by atoms with Gasteiger partial charge < -0.3 is 26.5 Å². The van der Waals surface area contributed by atoms with E-state index < -0.39 is 34.9 Å². The number of hydrogen-bond acceptors (Lipinski definition) is 7. The normalized spacial score (nSPS) is 11.9. The second-order valence-corrected chi connectivity index (χ2v) is 9.07. The van der Waals surface area contributed by atoms with E-state index in [2.05, 4.69) is 22.2 Å². The summed E-state index contributed by atoms with van der Waals surface area (Å²) in [6.45, 7) is 6.37. The first kappa shape index (κ1) is 29.3. The number of nitrogens with two attached hydrogens (primary N) is 2. The number of hydrogen-bond donors (Lipinski definition) is 5. The van der Waals surface area contributed by atoms with E-state index in [1.807, 2.05) is 0 Å². The van der Waals surface area contributed by atoms with Crippen LogP contribution in [0.2, 0.25) is 0 Å². The summed E-state index contributed by atoms with van der Waals surface area (Å²) in [6.07, 6.45) is -2.15. The van der Waals surface area contributed by atoms with Gasteiger partial charge in [-0.25, -0.2) is 14.6 Å². The van der Waals surface area contributed by atoms with Crippen molar-refractivity contribution >= 4 is 45.4 Å². The number of carboxylic acid groups (broad SMARTS) is 1. The summed E-state index contributed by atoms with van der Waals surface area (Å²) in [5, 5.41) is 15.4. The SMILES string of the molecule is C=C(S/C=C(\N)C(F)(F)F)c1cc(NC(=O)NCC)ncc1-c1ccc2c(c1)c(=O)c(C(=O)O)cn2CCN. The van der Waals surface area contributed by atoms with Crippen molar-refractivity contribution in [2.45, 2.75) is 19.6 Å². The van der Waals surface area contributed by atoms with E-state index in [4.69, 9.17) is 11.5 Å². The standard InChI is InChI=1S/C25H25F3N6O4S/c1-3-31-24(38)33-21-9-15(13(2)39-12-20(30)25(26,27)28)17(10-32-21)14-4-5-19-16(8-14)22(35)18(23(36)37)11-34(19)7-6-29/h4-5,8-12H,2-3,6-7,29-30H2,1H3,(H,36,37)(H2,31,32,33,38)/b20-12-. The maximum Gasteiger partial charge on any atom is 0.431 e. The number of allylic oxidation sites excluding steroid dienone is 1. The van der Waals surface area contributed by atoms with Gasteiger partial charge in [0, 0.05) is 58.9 Å². The molecule has 0 saturated carbocycles. The highest BCUT2D eigenvalue weighted by molar-refractivity contribution is 8.10. The summed E-state index contributed by atoms with van der Waals surface area (Å²) in [7, 11) is 0. The number of aromatic nitrogens is 2. The van der Waals surface area contributed by atoms with Gasteiger partial charge in [-0.3, -0.25) is 10.1 Å². The van der Waals surface area contributed by atoms with Gasteiger partial charge in [0.05, 0.1) is 5.52 Å². The van der Waals surface area contributed by atoms with E-state index in [0.717, 1.165) is 0 Å². The second kappa shape index (κ2) is 12.0. The smallest absolute Gasteiger partial charge is 0.431 e. The molecule has 206 valence electrons. The minimum Gasteiger partial charge on any atom is -0.477 e. The van der Waals surface area contributed by atoms with E-state index in [1.165, 1.54) is 24.5 Å². The van der Waals surface area contributed by atoms with Gasteiger partial charge in [0.15, 0.2) is 0 Å². The number of urea groups is 1. The number of carboxylic acids is 1. The number of amides is 2. The molecule has 14 heteroatoms. The Morgan fingerprint density at radius 2 is 1.97 bits per heavy atom. The van der Waals surface area contributed by atoms with Gasteiger partial charge in [0.2, 0.25) is 5.43 Å². The highest BCUT2D eigenvalue weighted by Crippen LogP contribution is 2.37. The molecule has 2 heterocycles. The number of alkyl halides is 3. The van der Waals surface area contributed by atoms with Crippen LogP contribution in [0.25, 0.3) is 26.9 Å². The minimum absolute atomic E-state index is 0.0912. The zero-order chi connectivity index (χ0) is 28.9. The maximum atomic E-state index is 13.0. The van der Waals surface area contributed by atoms with Crippen molar-refractivity contribution < 1.29 is 27.9 Å². The predicted octanol–water partition coefficient (Wildman–Crippen LogP) is 3.93. The fourth-order valence-electron chi connectivity index (χ4n) is 3.61. The molecule has 3 aromatic rings. The fourth-order valence-corrected chi connectivity index (χ4v) is 4.31. The predicted molar refractivity (Wildman–Crippen MR) is 145 cm³/mol. The lowest BCUT2D eigenvalue weighted by molar-refractivity contribution is -0.0924. The Morgan fingerprint density at radius 3 is 2.59 bits per heavy atom. The van der Waals surface area contributed by atoms with Gasteiger partial charge in [-0.1, -0.05) is 24.4 Å². The van der Waals surface area contributed by atoms with Crippen LogP contribution in [-0.4, -0.2) is 45.9 Å². The van der Waals surface area contributed by atoms with E-state index in [9.17, 15) is 32.7 Å². The van der Waals surface area contributed by atoms with Crippen molar-refractivity contribution in [2.75, 3.05) is 18.4 Å². The van der Waals surface area contributed by atoms with Crippen molar-refractivity contribution in [1.82, 2.24) is 14.9 Å². The molecule has 0 saturated heterocycles. The molecular formula is C25H25F3N6O4S. The van der Waals surface area contributed by atoms with Crippen molar-refractivity contribution in [3.05, 3.63) is 75.7 Å². The van der Waals surface area contributed by atoms with Crippen LogP contribution in [0.4, 0.5) is 23.8 Å². The van der Waals surface area contributed by atoms with Crippen LogP contribution in [-0.2, 0) is 6.54 Å². The van der Waals surface area contributed by atoms with Gasteiger partial charge >= 0.3 is 18.2 Å². The number of pyridine rings is 2. The first-order valence-electron chi connectivity index (χ1n) is 11.4. The zero-order valence-electron chi connectivity index (χ0n) is 20.6. The molecule has 0 fully saturated rings. The molecule has 0 unspecified atom stereocenters. The molecule has 0 atom stereocenters. The Labute approximate surface area is 224 Å². The Bertz CT molecular complexity index is 1530. The van der Waals surface area contributed by atoms with Crippen LogP contribution in [0, 0.1) is 0 Å². The van der Waals surface area contributed by atoms with E-state index in [-0.39, 0.29) is 29.2 Å². The van der Waals surface area contributed by atoms with Crippen LogP contribution in [0.3, 0.4) is 0 Å². The number of rotatable bonds is 9. The van der Waals surface area contributed by atoms with Crippen molar-refractivity contribution in [3.63, 3.8) is 0 Å². The summed E-state index contributed by atoms with van der Waals surface area (Å²) < 4.78 is 40.3. The summed E-state index contributed by atoms with van der Waals surface area (Å²) in [5.74, 6) is -1.31. The molecule has 0 spiro atoms. The molecule has 2 amide bonds. The number of benzene rings is 1. The molecule has 10 nitrogen and oxygen atoms in total. The molecule has 7 N–H and O–H groups in total. The molecule has 1 aromatic carbocycles. The number of carbonyl (C=O) groups is 2. The summed E-state index contributed by atoms with van der Waals surface area (Å²) >= 11 is 0.618. The molecular weight excluding hydrogens is 537 g/mol. The highest BCUT2D eigenvalue weighted by atomic mass is 32.2. The number of nitrogens with one attached hydrogen (secondary N) is 2. The number of fused-ring (bicyclic) bond motifs is 1. The lowest BCUT2D eigenvalue weighted by atomic mass is 9.99. The molecule has 2 aromatic heterocycles. The summed E-state index contributed by atoms with van der Waals surface area (Å²) in [6, 6.07) is 5.59. The Balaban J connectivity index is 2.19. The summed E-state index contributed by atoms with van der Waals surface area (Å²) in [4.78, 5) is 41.0. The molecule has 0 aliphatic heterocycles. The third-order valence-electron chi connectivity index (χ3n) is 5.43. The van der Waals surface area contributed by atoms with Crippen LogP contribution in [0.15, 0.2) is 59.1 Å². The van der Waals surface area contributed by atoms with E-state index >= 15 is 0 Å². The zero-order valence-corrected chi connectivity index (χ0v) is 21.4. The number of aromatic carboxylic acids is 1. The quantitative estimate of drug-likeness (QED) is 0.262. The van der Waals surface area contributed by atoms with Gasteiger partial charge in [0.25, 0.3) is 0 Å². The first-order chi connectivity index (χ1) is 18.4. The van der Waals surface area contributed by atoms with E-state index in [0.29, 0.717) is 45.9 Å². The third-order valence-corrected chi connectivity index (χ3v) is 6.31. The monoisotopic (exact) mass is 562 g/mol. The van der Waals surface area contributed by atoms with Crippen molar-refractivity contribution in [1.29, 1.82) is 0 Å².